The summed E-state index contributed by atoms with van der Waals surface area (Å²) in [4.78, 5) is 20.4. The first-order valence-corrected chi connectivity index (χ1v) is 6.62. The van der Waals surface area contributed by atoms with Gasteiger partial charge in [0, 0.05) is 6.54 Å². The van der Waals surface area contributed by atoms with Crippen LogP contribution in [0.15, 0.2) is 30.6 Å². The zero-order valence-corrected chi connectivity index (χ0v) is 12.0. The number of carbonyl (C=O) groups excluding carboxylic acids is 1. The molecule has 0 unspecified atom stereocenters. The summed E-state index contributed by atoms with van der Waals surface area (Å²) in [6.45, 7) is 4.53. The van der Waals surface area contributed by atoms with Crippen molar-refractivity contribution in [2.24, 2.45) is 0 Å². The summed E-state index contributed by atoms with van der Waals surface area (Å²) >= 11 is 6.08. The van der Waals surface area contributed by atoms with E-state index in [0.717, 1.165) is 5.56 Å². The zero-order valence-electron chi connectivity index (χ0n) is 11.3. The quantitative estimate of drug-likeness (QED) is 0.908. The Morgan fingerprint density at radius 3 is 2.85 bits per heavy atom. The normalized spacial score (nSPS) is 10.2. The van der Waals surface area contributed by atoms with Gasteiger partial charge < -0.3 is 10.6 Å². The lowest BCUT2D eigenvalue weighted by molar-refractivity contribution is 0.102. The molecule has 0 atom stereocenters. The fourth-order valence-corrected chi connectivity index (χ4v) is 1.98. The van der Waals surface area contributed by atoms with E-state index in [1.54, 1.807) is 12.3 Å². The first kappa shape index (κ1) is 14.3. The van der Waals surface area contributed by atoms with E-state index in [2.05, 4.69) is 20.6 Å². The molecule has 0 aliphatic carbocycles. The van der Waals surface area contributed by atoms with Crippen molar-refractivity contribution in [2.75, 3.05) is 17.2 Å². The number of nitrogens with zero attached hydrogens (tertiary/aromatic N) is 2. The summed E-state index contributed by atoms with van der Waals surface area (Å²) in [5.74, 6) is 0.226. The van der Waals surface area contributed by atoms with E-state index in [0.29, 0.717) is 23.1 Å². The molecule has 2 aromatic rings. The highest BCUT2D eigenvalue weighted by atomic mass is 35.5. The van der Waals surface area contributed by atoms with Crippen LogP contribution in [0.2, 0.25) is 5.02 Å². The molecule has 2 N–H and O–H groups in total. The Hall–Kier alpha value is -2.14. The Labute approximate surface area is 122 Å². The van der Waals surface area contributed by atoms with E-state index in [4.69, 9.17) is 11.6 Å². The molecule has 1 heterocycles. The second kappa shape index (κ2) is 6.34. The van der Waals surface area contributed by atoms with Crippen LogP contribution < -0.4 is 10.6 Å². The number of anilines is 2. The third-order valence-electron chi connectivity index (χ3n) is 2.69. The molecule has 0 fully saturated rings. The molecule has 1 aromatic carbocycles. The first-order valence-electron chi connectivity index (χ1n) is 6.24. The smallest absolute Gasteiger partial charge is 0.276 e. The fraction of sp³-hybridized carbons (Fsp3) is 0.214. The number of carbonyl (C=O) groups is 1. The van der Waals surface area contributed by atoms with Gasteiger partial charge in [0.25, 0.3) is 5.91 Å². The van der Waals surface area contributed by atoms with Gasteiger partial charge in [-0.15, -0.1) is 0 Å². The van der Waals surface area contributed by atoms with E-state index < -0.39 is 0 Å². The van der Waals surface area contributed by atoms with Crippen molar-refractivity contribution in [1.29, 1.82) is 0 Å². The van der Waals surface area contributed by atoms with E-state index in [1.165, 1.54) is 6.20 Å². The molecule has 0 radical (unpaired) electrons. The van der Waals surface area contributed by atoms with Gasteiger partial charge in [0.1, 0.15) is 11.5 Å². The maximum Gasteiger partial charge on any atom is 0.276 e. The van der Waals surface area contributed by atoms with Gasteiger partial charge in [-0.25, -0.2) is 4.98 Å². The van der Waals surface area contributed by atoms with Crippen molar-refractivity contribution >= 4 is 29.0 Å². The van der Waals surface area contributed by atoms with Crippen molar-refractivity contribution in [2.45, 2.75) is 13.8 Å². The molecule has 5 nitrogen and oxygen atoms in total. The van der Waals surface area contributed by atoms with Crippen molar-refractivity contribution in [3.63, 3.8) is 0 Å². The maximum absolute atomic E-state index is 12.2. The van der Waals surface area contributed by atoms with Gasteiger partial charge in [-0.3, -0.25) is 9.78 Å². The van der Waals surface area contributed by atoms with Crippen LogP contribution in [0.1, 0.15) is 23.0 Å². The second-order valence-electron chi connectivity index (χ2n) is 4.21. The molecule has 1 amide bonds. The van der Waals surface area contributed by atoms with Gasteiger partial charge >= 0.3 is 0 Å². The maximum atomic E-state index is 12.2. The summed E-state index contributed by atoms with van der Waals surface area (Å²) in [6, 6.07) is 5.44. The van der Waals surface area contributed by atoms with E-state index in [1.807, 2.05) is 26.0 Å². The number of benzene rings is 1. The highest BCUT2D eigenvalue weighted by molar-refractivity contribution is 6.34. The van der Waals surface area contributed by atoms with Crippen molar-refractivity contribution in [1.82, 2.24) is 9.97 Å². The molecule has 0 saturated carbocycles. The summed E-state index contributed by atoms with van der Waals surface area (Å²) in [7, 11) is 0. The number of aromatic nitrogens is 2. The van der Waals surface area contributed by atoms with Crippen LogP contribution in [-0.4, -0.2) is 22.4 Å². The Morgan fingerprint density at radius 2 is 2.15 bits per heavy atom. The number of aryl methyl sites for hydroxylation is 1. The van der Waals surface area contributed by atoms with Gasteiger partial charge in [-0.05, 0) is 25.5 Å². The van der Waals surface area contributed by atoms with Crippen LogP contribution >= 0.6 is 11.6 Å². The molecule has 6 heteroatoms. The molecular weight excluding hydrogens is 276 g/mol. The van der Waals surface area contributed by atoms with Crippen LogP contribution in [0, 0.1) is 6.92 Å². The van der Waals surface area contributed by atoms with E-state index >= 15 is 0 Å². The topological polar surface area (TPSA) is 66.9 Å². The van der Waals surface area contributed by atoms with Gasteiger partial charge in [-0.1, -0.05) is 23.7 Å². The van der Waals surface area contributed by atoms with Crippen LogP contribution in [0.3, 0.4) is 0 Å². The largest absolute Gasteiger partial charge is 0.369 e. The van der Waals surface area contributed by atoms with Crippen LogP contribution in [0.5, 0.6) is 0 Å². The van der Waals surface area contributed by atoms with Crippen LogP contribution in [0.25, 0.3) is 0 Å². The Kier molecular flexibility index (Phi) is 4.53. The molecule has 2 rings (SSSR count). The summed E-state index contributed by atoms with van der Waals surface area (Å²) in [6.07, 6.45) is 2.99. The molecular formula is C14H15ClN4O. The second-order valence-corrected chi connectivity index (χ2v) is 4.61. The van der Waals surface area contributed by atoms with E-state index in [9.17, 15) is 4.79 Å². The van der Waals surface area contributed by atoms with Gasteiger partial charge in [-0.2, -0.15) is 0 Å². The third kappa shape index (κ3) is 3.24. The SMILES string of the molecule is CCNc1cncc(C(=O)Nc2c(C)cccc2Cl)n1. The molecule has 0 spiro atoms. The highest BCUT2D eigenvalue weighted by Crippen LogP contribution is 2.25. The Morgan fingerprint density at radius 1 is 1.35 bits per heavy atom. The molecule has 1 aromatic heterocycles. The molecule has 20 heavy (non-hydrogen) atoms. The Balaban J connectivity index is 2.22. The standard InChI is InChI=1S/C14H15ClN4O/c1-3-17-12-8-16-7-11(18-12)14(20)19-13-9(2)5-4-6-10(13)15/h4-8H,3H2,1-2H3,(H,17,18)(H,19,20). The minimum Gasteiger partial charge on any atom is -0.369 e. The monoisotopic (exact) mass is 290 g/mol. The summed E-state index contributed by atoms with van der Waals surface area (Å²) < 4.78 is 0. The first-order chi connectivity index (χ1) is 9.61. The molecule has 0 aliphatic heterocycles. The van der Waals surface area contributed by atoms with Crippen molar-refractivity contribution in [3.05, 3.63) is 46.9 Å². The predicted octanol–water partition coefficient (Wildman–Crippen LogP) is 3.12. The minimum atomic E-state index is -0.339. The summed E-state index contributed by atoms with van der Waals surface area (Å²) in [5.41, 5.74) is 1.72. The number of amides is 1. The predicted molar refractivity (Wildman–Crippen MR) is 80.3 cm³/mol. The lowest BCUT2D eigenvalue weighted by Gasteiger charge is -2.10. The van der Waals surface area contributed by atoms with Gasteiger partial charge in [0.2, 0.25) is 0 Å². The highest BCUT2D eigenvalue weighted by Gasteiger charge is 2.12. The lowest BCUT2D eigenvalue weighted by Crippen LogP contribution is -2.16. The zero-order chi connectivity index (χ0) is 14.5. The number of hydrogen-bond donors (Lipinski definition) is 2. The molecule has 0 saturated heterocycles. The number of hydrogen-bond acceptors (Lipinski definition) is 4. The Bertz CT molecular complexity index is 610. The third-order valence-corrected chi connectivity index (χ3v) is 3.00. The number of nitrogens with one attached hydrogen (secondary N) is 2. The lowest BCUT2D eigenvalue weighted by atomic mass is 10.2. The number of para-hydroxylation sites is 1. The average Bonchev–Trinajstić information content (AvgIpc) is 2.43. The molecule has 0 aliphatic rings. The van der Waals surface area contributed by atoms with E-state index in [-0.39, 0.29) is 11.6 Å². The summed E-state index contributed by atoms with van der Waals surface area (Å²) in [5, 5.41) is 6.27. The van der Waals surface area contributed by atoms with Crippen molar-refractivity contribution < 1.29 is 4.79 Å². The number of halogens is 1. The number of rotatable bonds is 4. The van der Waals surface area contributed by atoms with Crippen LogP contribution in [-0.2, 0) is 0 Å². The minimum absolute atomic E-state index is 0.239. The molecule has 104 valence electrons. The van der Waals surface area contributed by atoms with Crippen LogP contribution in [0.4, 0.5) is 11.5 Å². The molecule has 0 bridgehead atoms. The van der Waals surface area contributed by atoms with Gasteiger partial charge in [0.05, 0.1) is 23.1 Å². The van der Waals surface area contributed by atoms with Crippen molar-refractivity contribution in [3.8, 4) is 0 Å². The average molecular weight is 291 g/mol. The fourth-order valence-electron chi connectivity index (χ4n) is 1.71. The van der Waals surface area contributed by atoms with Gasteiger partial charge in [0.15, 0.2) is 0 Å².